The van der Waals surface area contributed by atoms with Gasteiger partial charge in [-0.3, -0.25) is 0 Å². The Morgan fingerprint density at radius 1 is 1.00 bits per heavy atom. The number of ether oxygens (including phenoxy) is 1. The normalized spacial score (nSPS) is 28.1. The van der Waals surface area contributed by atoms with Crippen molar-refractivity contribution in [1.29, 1.82) is 0 Å². The van der Waals surface area contributed by atoms with Gasteiger partial charge in [-0.05, 0) is 41.3 Å². The van der Waals surface area contributed by atoms with Crippen molar-refractivity contribution in [3.63, 3.8) is 0 Å². The van der Waals surface area contributed by atoms with Crippen LogP contribution in [-0.2, 0) is 11.2 Å². The monoisotopic (exact) mass is 506 g/mol. The average Bonchev–Trinajstić information content (AvgIpc) is 2.69. The Kier molecular flexibility index (Phi) is 6.96. The van der Waals surface area contributed by atoms with Gasteiger partial charge in [0.15, 0.2) is 23.0 Å². The van der Waals surface area contributed by atoms with Crippen LogP contribution in [0, 0.1) is 0 Å². The zero-order valence-electron chi connectivity index (χ0n) is 14.2. The molecule has 4 N–H and O–H groups in total. The molecule has 2 aromatic rings. The number of hydrogen-bond donors (Lipinski definition) is 4. The molecule has 0 saturated carbocycles. The molecule has 0 bridgehead atoms. The van der Waals surface area contributed by atoms with E-state index in [1.165, 1.54) is 0 Å². The zero-order valence-corrected chi connectivity index (χ0v) is 17.1. The Hall–Kier alpha value is -0.940. The third-order valence-electron chi connectivity index (χ3n) is 4.70. The van der Waals surface area contributed by atoms with Crippen LogP contribution < -0.4 is 3.07 Å². The highest BCUT2D eigenvalue weighted by Crippen LogP contribution is 2.34. The molecule has 0 unspecified atom stereocenters. The minimum absolute atomic E-state index is 0.465. The molecule has 2 aromatic carbocycles. The molecule has 0 amide bonds. The highest BCUT2D eigenvalue weighted by molar-refractivity contribution is 14.1. The van der Waals surface area contributed by atoms with Crippen LogP contribution in [-0.4, -0.2) is 51.4 Å². The molecule has 8 heteroatoms. The molecule has 1 aliphatic rings. The first-order chi connectivity index (χ1) is 12.9. The van der Waals surface area contributed by atoms with Gasteiger partial charge in [0.2, 0.25) is 0 Å². The van der Waals surface area contributed by atoms with Crippen molar-refractivity contribution >= 4 is 34.6 Å². The second-order valence-electron chi connectivity index (χ2n) is 6.50. The number of hydrogen-bond acceptors (Lipinski definition) is 6. The highest BCUT2D eigenvalue weighted by atomic mass is 127. The average molecular weight is 507 g/mol. The summed E-state index contributed by atoms with van der Waals surface area (Å²) >= 11 is 8.15. The molecule has 1 aliphatic heterocycles. The van der Waals surface area contributed by atoms with Gasteiger partial charge in [0, 0.05) is 5.02 Å². The summed E-state index contributed by atoms with van der Waals surface area (Å²) in [4.78, 5) is 0. The van der Waals surface area contributed by atoms with Crippen molar-refractivity contribution in [3.8, 4) is 5.75 Å². The molecule has 1 heterocycles. The third kappa shape index (κ3) is 4.56. The molecule has 0 radical (unpaired) electrons. The predicted molar refractivity (Wildman–Crippen MR) is 108 cm³/mol. The first-order valence-corrected chi connectivity index (χ1v) is 9.67. The van der Waals surface area contributed by atoms with E-state index in [1.807, 2.05) is 47.3 Å². The van der Waals surface area contributed by atoms with Gasteiger partial charge in [0.05, 0.1) is 6.61 Å². The Labute approximate surface area is 176 Å². The maximum Gasteiger partial charge on any atom is 0.192 e. The van der Waals surface area contributed by atoms with Crippen LogP contribution in [0.15, 0.2) is 42.5 Å². The maximum absolute atomic E-state index is 10.3. The van der Waals surface area contributed by atoms with Gasteiger partial charge in [0.1, 0.15) is 36.3 Å². The maximum atomic E-state index is 10.3. The smallest absolute Gasteiger partial charge is 0.192 e. The van der Waals surface area contributed by atoms with E-state index < -0.39 is 37.1 Å². The molecule has 3 rings (SSSR count). The number of rotatable bonds is 5. The summed E-state index contributed by atoms with van der Waals surface area (Å²) in [6.07, 6.45) is -5.39. The van der Waals surface area contributed by atoms with E-state index in [-0.39, 0.29) is 0 Å². The lowest BCUT2D eigenvalue weighted by Crippen LogP contribution is -2.55. The lowest BCUT2D eigenvalue weighted by atomic mass is 9.90. The molecule has 0 aliphatic carbocycles. The van der Waals surface area contributed by atoms with E-state index in [4.69, 9.17) is 19.4 Å². The lowest BCUT2D eigenvalue weighted by molar-refractivity contribution is -0.231. The first kappa shape index (κ1) is 20.8. The highest BCUT2D eigenvalue weighted by Gasteiger charge is 2.43. The molecular weight excluding hydrogens is 487 g/mol. The fraction of sp³-hybridized carbons (Fsp3) is 0.368. The van der Waals surface area contributed by atoms with Gasteiger partial charge in [-0.25, -0.2) is 0 Å². The van der Waals surface area contributed by atoms with E-state index in [9.17, 15) is 20.4 Å². The molecule has 6 nitrogen and oxygen atoms in total. The standard InChI is InChI=1S/C19H20ClIO6/c20-14-6-3-11(19-18(25)17(24)16(23)15(9-22)26-19)8-12(14)7-10-1-4-13(27-21)5-2-10/h1-6,8,15-19,22-25H,7,9H2/t15-,16-,17+,18-,19+/m1/s1. The van der Waals surface area contributed by atoms with E-state index >= 15 is 0 Å². The Morgan fingerprint density at radius 3 is 2.33 bits per heavy atom. The summed E-state index contributed by atoms with van der Waals surface area (Å²) in [7, 11) is 0. The van der Waals surface area contributed by atoms with Crippen molar-refractivity contribution in [2.45, 2.75) is 36.9 Å². The van der Waals surface area contributed by atoms with Crippen LogP contribution in [0.1, 0.15) is 22.8 Å². The van der Waals surface area contributed by atoms with Crippen LogP contribution >= 0.6 is 34.6 Å². The van der Waals surface area contributed by atoms with Crippen molar-refractivity contribution in [2.24, 2.45) is 0 Å². The number of aliphatic hydroxyl groups is 4. The molecule has 0 aromatic heterocycles. The zero-order chi connectivity index (χ0) is 19.6. The Bertz CT molecular complexity index is 769. The van der Waals surface area contributed by atoms with Crippen molar-refractivity contribution in [1.82, 2.24) is 0 Å². The molecule has 27 heavy (non-hydrogen) atoms. The summed E-state index contributed by atoms with van der Waals surface area (Å²) < 4.78 is 10.7. The second kappa shape index (κ2) is 9.04. The van der Waals surface area contributed by atoms with E-state index in [2.05, 4.69) is 0 Å². The van der Waals surface area contributed by atoms with Gasteiger partial charge in [0.25, 0.3) is 0 Å². The Balaban J connectivity index is 1.85. The summed E-state index contributed by atoms with van der Waals surface area (Å²) in [5.74, 6) is 0.750. The number of aliphatic hydroxyl groups excluding tert-OH is 4. The molecule has 1 fully saturated rings. The largest absolute Gasteiger partial charge is 0.428 e. The fourth-order valence-corrected chi connectivity index (χ4v) is 3.64. The van der Waals surface area contributed by atoms with E-state index in [1.54, 1.807) is 18.2 Å². The first-order valence-electron chi connectivity index (χ1n) is 8.41. The number of halogens is 2. The Morgan fingerprint density at radius 2 is 1.70 bits per heavy atom. The van der Waals surface area contributed by atoms with Crippen LogP contribution in [0.2, 0.25) is 5.02 Å². The predicted octanol–water partition coefficient (Wildman–Crippen LogP) is 2.17. The molecule has 146 valence electrons. The van der Waals surface area contributed by atoms with E-state index in [0.717, 1.165) is 16.9 Å². The fourth-order valence-electron chi connectivity index (χ4n) is 3.16. The lowest BCUT2D eigenvalue weighted by Gasteiger charge is -2.40. The van der Waals surface area contributed by atoms with Crippen LogP contribution in [0.5, 0.6) is 5.75 Å². The van der Waals surface area contributed by atoms with Gasteiger partial charge in [-0.15, -0.1) is 0 Å². The van der Waals surface area contributed by atoms with Gasteiger partial charge < -0.3 is 28.2 Å². The topological polar surface area (TPSA) is 99.4 Å². The molecule has 0 spiro atoms. The molecule has 5 atom stereocenters. The van der Waals surface area contributed by atoms with Crippen molar-refractivity contribution in [2.75, 3.05) is 6.61 Å². The van der Waals surface area contributed by atoms with Crippen LogP contribution in [0.3, 0.4) is 0 Å². The summed E-state index contributed by atoms with van der Waals surface area (Å²) in [5.41, 5.74) is 2.47. The number of benzene rings is 2. The quantitative estimate of drug-likeness (QED) is 0.464. The minimum atomic E-state index is -1.42. The van der Waals surface area contributed by atoms with Crippen LogP contribution in [0.25, 0.3) is 0 Å². The SMILES string of the molecule is OC[C@H]1O[C@@H](c2ccc(Cl)c(Cc3ccc(OI)cc3)c2)[C@H](O)[C@@H](O)[C@@H]1O. The van der Waals surface area contributed by atoms with Gasteiger partial charge in [-0.2, -0.15) is 0 Å². The minimum Gasteiger partial charge on any atom is -0.428 e. The van der Waals surface area contributed by atoms with Crippen LogP contribution in [0.4, 0.5) is 0 Å². The van der Waals surface area contributed by atoms with Crippen molar-refractivity contribution in [3.05, 3.63) is 64.2 Å². The van der Waals surface area contributed by atoms with Gasteiger partial charge in [-0.1, -0.05) is 35.9 Å². The van der Waals surface area contributed by atoms with E-state index in [0.29, 0.717) is 17.0 Å². The molecule has 1 saturated heterocycles. The summed E-state index contributed by atoms with van der Waals surface area (Å²) in [6, 6.07) is 12.8. The molecular formula is C19H20ClIO6. The summed E-state index contributed by atoms with van der Waals surface area (Å²) in [5, 5.41) is 40.2. The second-order valence-corrected chi connectivity index (χ2v) is 7.35. The van der Waals surface area contributed by atoms with Crippen molar-refractivity contribution < 1.29 is 28.2 Å². The summed E-state index contributed by atoms with van der Waals surface area (Å²) in [6.45, 7) is -0.465. The third-order valence-corrected chi connectivity index (χ3v) is 5.57. The van der Waals surface area contributed by atoms with Gasteiger partial charge >= 0.3 is 0 Å².